The molecule has 102 valence electrons. The minimum absolute atomic E-state index is 0.171. The van der Waals surface area contributed by atoms with E-state index in [0.717, 1.165) is 21.3 Å². The summed E-state index contributed by atoms with van der Waals surface area (Å²) >= 11 is 1.54. The molecule has 3 N–H and O–H groups in total. The number of benzene rings is 2. The number of halogens is 2. The molecule has 3 nitrogen and oxygen atoms in total. The third-order valence-electron chi connectivity index (χ3n) is 2.87. The highest BCUT2D eigenvalue weighted by atomic mass is 32.1. The molecule has 3 aromatic rings. The molecule has 1 heterocycles. The fraction of sp³-hybridized carbons (Fsp3) is 0.0714. The van der Waals surface area contributed by atoms with E-state index in [4.69, 9.17) is 5.73 Å². The first-order valence-corrected chi connectivity index (χ1v) is 6.73. The summed E-state index contributed by atoms with van der Waals surface area (Å²) in [6, 6.07) is 6.90. The second-order valence-corrected chi connectivity index (χ2v) is 5.62. The van der Waals surface area contributed by atoms with Crippen LogP contribution in [-0.2, 0) is 0 Å². The molecular formula is C14H11F2N3S. The number of fused-ring (bicyclic) bond motifs is 1. The lowest BCUT2D eigenvalue weighted by molar-refractivity contribution is 0.586. The number of nitrogens with one attached hydrogen (secondary N) is 1. The summed E-state index contributed by atoms with van der Waals surface area (Å²) in [5, 5.41) is 3.80. The van der Waals surface area contributed by atoms with E-state index in [-0.39, 0.29) is 5.69 Å². The van der Waals surface area contributed by atoms with Gasteiger partial charge in [0.15, 0.2) is 0 Å². The number of nitrogens with two attached hydrogens (primary N) is 1. The molecule has 0 saturated heterocycles. The van der Waals surface area contributed by atoms with Crippen molar-refractivity contribution in [2.24, 2.45) is 0 Å². The maximum Gasteiger partial charge on any atom is 0.149 e. The normalized spacial score (nSPS) is 10.9. The van der Waals surface area contributed by atoms with Crippen LogP contribution in [0.1, 0.15) is 5.01 Å². The predicted molar refractivity (Wildman–Crippen MR) is 78.4 cm³/mol. The van der Waals surface area contributed by atoms with Crippen LogP contribution in [0.2, 0.25) is 0 Å². The third-order valence-corrected chi connectivity index (χ3v) is 3.80. The van der Waals surface area contributed by atoms with Crippen molar-refractivity contribution < 1.29 is 8.78 Å². The fourth-order valence-corrected chi connectivity index (χ4v) is 2.81. The largest absolute Gasteiger partial charge is 0.397 e. The standard InChI is InChI=1S/C14H11F2N3S/c1-7-18-13-6-12(10(17)5-14(13)20-7)19-11-3-2-8(15)4-9(11)16/h2-6,19H,17H2,1H3. The van der Waals surface area contributed by atoms with E-state index in [1.165, 1.54) is 12.1 Å². The van der Waals surface area contributed by atoms with Gasteiger partial charge < -0.3 is 11.1 Å². The van der Waals surface area contributed by atoms with E-state index in [0.29, 0.717) is 11.4 Å². The Labute approximate surface area is 118 Å². The molecule has 0 unspecified atom stereocenters. The number of nitrogens with zero attached hydrogens (tertiary/aromatic N) is 1. The Morgan fingerprint density at radius 2 is 1.95 bits per heavy atom. The van der Waals surface area contributed by atoms with Gasteiger partial charge in [-0.1, -0.05) is 0 Å². The monoisotopic (exact) mass is 291 g/mol. The number of rotatable bonds is 2. The highest BCUT2D eigenvalue weighted by Gasteiger charge is 2.09. The van der Waals surface area contributed by atoms with Crippen LogP contribution in [-0.4, -0.2) is 4.98 Å². The average molecular weight is 291 g/mol. The van der Waals surface area contributed by atoms with Crippen LogP contribution in [0.5, 0.6) is 0 Å². The smallest absolute Gasteiger partial charge is 0.149 e. The van der Waals surface area contributed by atoms with E-state index in [1.54, 1.807) is 23.5 Å². The van der Waals surface area contributed by atoms with Gasteiger partial charge >= 0.3 is 0 Å². The van der Waals surface area contributed by atoms with Crippen LogP contribution in [0, 0.1) is 18.6 Å². The number of hydrogen-bond acceptors (Lipinski definition) is 4. The molecular weight excluding hydrogens is 280 g/mol. The molecule has 0 spiro atoms. The lowest BCUT2D eigenvalue weighted by Crippen LogP contribution is -1.98. The van der Waals surface area contributed by atoms with Gasteiger partial charge in [0.25, 0.3) is 0 Å². The van der Waals surface area contributed by atoms with Crippen LogP contribution >= 0.6 is 11.3 Å². The zero-order valence-electron chi connectivity index (χ0n) is 10.6. The fourth-order valence-electron chi connectivity index (χ4n) is 1.95. The molecule has 0 radical (unpaired) electrons. The SMILES string of the molecule is Cc1nc2cc(Nc3ccc(F)cc3F)c(N)cc2s1. The number of thiazole rings is 1. The molecule has 6 heteroatoms. The number of hydrogen-bond donors (Lipinski definition) is 2. The maximum absolute atomic E-state index is 13.6. The first-order chi connectivity index (χ1) is 9.52. The first kappa shape index (κ1) is 12.8. The molecule has 0 fully saturated rings. The second kappa shape index (κ2) is 4.72. The van der Waals surface area contributed by atoms with Gasteiger partial charge in [0.05, 0.1) is 32.3 Å². The van der Waals surface area contributed by atoms with Gasteiger partial charge in [-0.3, -0.25) is 0 Å². The van der Waals surface area contributed by atoms with Crippen molar-refractivity contribution in [3.05, 3.63) is 47.0 Å². The van der Waals surface area contributed by atoms with E-state index < -0.39 is 11.6 Å². The van der Waals surface area contributed by atoms with Gasteiger partial charge in [-0.05, 0) is 31.2 Å². The molecule has 3 rings (SSSR count). The Kier molecular flexibility index (Phi) is 3.02. The molecule has 0 bridgehead atoms. The van der Waals surface area contributed by atoms with Gasteiger partial charge in [-0.25, -0.2) is 13.8 Å². The van der Waals surface area contributed by atoms with Crippen LogP contribution in [0.25, 0.3) is 10.2 Å². The Balaban J connectivity index is 2.03. The molecule has 0 aliphatic carbocycles. The number of aryl methyl sites for hydroxylation is 1. The van der Waals surface area contributed by atoms with Crippen molar-refractivity contribution in [1.29, 1.82) is 0 Å². The van der Waals surface area contributed by atoms with Crippen LogP contribution in [0.15, 0.2) is 30.3 Å². The van der Waals surface area contributed by atoms with Gasteiger partial charge in [-0.15, -0.1) is 11.3 Å². The Bertz CT molecular complexity index is 798. The lowest BCUT2D eigenvalue weighted by atomic mass is 10.2. The summed E-state index contributed by atoms with van der Waals surface area (Å²) in [6.45, 7) is 1.91. The van der Waals surface area contributed by atoms with Gasteiger partial charge in [0, 0.05) is 6.07 Å². The van der Waals surface area contributed by atoms with E-state index in [9.17, 15) is 8.78 Å². The highest BCUT2D eigenvalue weighted by Crippen LogP contribution is 2.32. The van der Waals surface area contributed by atoms with Crippen molar-refractivity contribution in [3.63, 3.8) is 0 Å². The summed E-state index contributed by atoms with van der Waals surface area (Å²) in [7, 11) is 0. The van der Waals surface area contributed by atoms with E-state index in [1.807, 2.05) is 6.92 Å². The topological polar surface area (TPSA) is 50.9 Å². The molecule has 0 aliphatic heterocycles. The average Bonchev–Trinajstić information content (AvgIpc) is 2.72. The van der Waals surface area contributed by atoms with E-state index in [2.05, 4.69) is 10.3 Å². The first-order valence-electron chi connectivity index (χ1n) is 5.91. The number of nitrogen functional groups attached to an aromatic ring is 1. The summed E-state index contributed by atoms with van der Waals surface area (Å²) < 4.78 is 27.5. The van der Waals surface area contributed by atoms with Crippen LogP contribution in [0.4, 0.5) is 25.8 Å². The molecule has 1 aromatic heterocycles. The minimum atomic E-state index is -0.668. The van der Waals surface area contributed by atoms with Gasteiger partial charge in [-0.2, -0.15) is 0 Å². The Morgan fingerprint density at radius 1 is 1.15 bits per heavy atom. The number of anilines is 3. The number of aromatic nitrogens is 1. The molecule has 0 aliphatic rings. The maximum atomic E-state index is 13.6. The summed E-state index contributed by atoms with van der Waals surface area (Å²) in [4.78, 5) is 4.36. The zero-order valence-corrected chi connectivity index (χ0v) is 11.4. The van der Waals surface area contributed by atoms with Gasteiger partial charge in [0.1, 0.15) is 11.6 Å². The zero-order chi connectivity index (χ0) is 14.3. The summed E-state index contributed by atoms with van der Waals surface area (Å²) in [5.41, 5.74) is 7.95. The van der Waals surface area contributed by atoms with Crippen molar-refractivity contribution in [1.82, 2.24) is 4.98 Å². The quantitative estimate of drug-likeness (QED) is 0.695. The Hall–Kier alpha value is -2.21. The van der Waals surface area contributed by atoms with Crippen molar-refractivity contribution in [3.8, 4) is 0 Å². The van der Waals surface area contributed by atoms with Crippen molar-refractivity contribution >= 4 is 38.6 Å². The second-order valence-electron chi connectivity index (χ2n) is 4.39. The predicted octanol–water partition coefficient (Wildman–Crippen LogP) is 4.21. The third kappa shape index (κ3) is 2.30. The van der Waals surface area contributed by atoms with Crippen molar-refractivity contribution in [2.45, 2.75) is 6.92 Å². The molecule has 0 saturated carbocycles. The minimum Gasteiger partial charge on any atom is -0.397 e. The van der Waals surface area contributed by atoms with Crippen LogP contribution < -0.4 is 11.1 Å². The van der Waals surface area contributed by atoms with Crippen LogP contribution in [0.3, 0.4) is 0 Å². The van der Waals surface area contributed by atoms with Gasteiger partial charge in [0.2, 0.25) is 0 Å². The lowest BCUT2D eigenvalue weighted by Gasteiger charge is -2.10. The molecule has 2 aromatic carbocycles. The molecule has 0 atom stereocenters. The molecule has 0 amide bonds. The summed E-state index contributed by atoms with van der Waals surface area (Å²) in [5.74, 6) is -1.29. The Morgan fingerprint density at radius 3 is 2.70 bits per heavy atom. The van der Waals surface area contributed by atoms with Crippen molar-refractivity contribution in [2.75, 3.05) is 11.1 Å². The molecule has 20 heavy (non-hydrogen) atoms. The van der Waals surface area contributed by atoms with E-state index >= 15 is 0 Å². The highest BCUT2D eigenvalue weighted by molar-refractivity contribution is 7.18. The summed E-state index contributed by atoms with van der Waals surface area (Å²) in [6.07, 6.45) is 0.